The van der Waals surface area contributed by atoms with E-state index in [9.17, 15) is 13.6 Å². The number of alkyl halides is 2. The third-order valence-electron chi connectivity index (χ3n) is 2.46. The van der Waals surface area contributed by atoms with Crippen LogP contribution >= 0.6 is 0 Å². The lowest BCUT2D eigenvalue weighted by molar-refractivity contribution is -0.120. The van der Waals surface area contributed by atoms with E-state index in [4.69, 9.17) is 5.73 Å². The van der Waals surface area contributed by atoms with Crippen LogP contribution in [0.2, 0.25) is 0 Å². The number of ether oxygens (including phenoxy) is 1. The lowest BCUT2D eigenvalue weighted by atomic mass is 10.1. The lowest BCUT2D eigenvalue weighted by Gasteiger charge is -2.11. The van der Waals surface area contributed by atoms with Crippen molar-refractivity contribution in [2.75, 3.05) is 6.54 Å². The molecule has 106 valence electrons. The number of nitrogens with one attached hydrogen (secondary N) is 1. The standard InChI is InChI=1S/C13H18F2N2O2/c1-9(16)6-7-17-12(18)8-10-4-2-3-5-11(10)19-13(14)15/h2-5,9,13H,6-8,16H2,1H3,(H,17,18). The summed E-state index contributed by atoms with van der Waals surface area (Å²) in [6.07, 6.45) is 0.669. The SMILES string of the molecule is CC(N)CCNC(=O)Cc1ccccc1OC(F)F. The normalized spacial score (nSPS) is 12.3. The van der Waals surface area contributed by atoms with Gasteiger partial charge in [0.05, 0.1) is 6.42 Å². The maximum absolute atomic E-state index is 12.2. The van der Waals surface area contributed by atoms with Gasteiger partial charge in [0.25, 0.3) is 0 Å². The molecule has 0 aromatic heterocycles. The number of nitrogens with two attached hydrogens (primary N) is 1. The number of amides is 1. The molecule has 3 N–H and O–H groups in total. The summed E-state index contributed by atoms with van der Waals surface area (Å²) in [6, 6.07) is 6.26. The number of carbonyl (C=O) groups is 1. The highest BCUT2D eigenvalue weighted by molar-refractivity contribution is 5.79. The molecular formula is C13H18F2N2O2. The Bertz CT molecular complexity index is 411. The van der Waals surface area contributed by atoms with E-state index in [2.05, 4.69) is 10.1 Å². The molecule has 1 atom stereocenters. The zero-order valence-electron chi connectivity index (χ0n) is 10.7. The number of benzene rings is 1. The highest BCUT2D eigenvalue weighted by Crippen LogP contribution is 2.20. The van der Waals surface area contributed by atoms with Crippen LogP contribution in [-0.2, 0) is 11.2 Å². The topological polar surface area (TPSA) is 64.3 Å². The highest BCUT2D eigenvalue weighted by atomic mass is 19.3. The fourth-order valence-electron chi connectivity index (χ4n) is 1.54. The quantitative estimate of drug-likeness (QED) is 0.793. The molecule has 0 heterocycles. The first-order valence-electron chi connectivity index (χ1n) is 6.04. The lowest BCUT2D eigenvalue weighted by Crippen LogP contribution is -2.30. The molecule has 0 radical (unpaired) electrons. The van der Waals surface area contributed by atoms with Gasteiger partial charge in [-0.1, -0.05) is 18.2 Å². The van der Waals surface area contributed by atoms with Crippen molar-refractivity contribution < 1.29 is 18.3 Å². The first kappa shape index (κ1) is 15.4. The number of hydrogen-bond acceptors (Lipinski definition) is 3. The van der Waals surface area contributed by atoms with Crippen molar-refractivity contribution in [3.05, 3.63) is 29.8 Å². The Morgan fingerprint density at radius 2 is 2.11 bits per heavy atom. The maximum Gasteiger partial charge on any atom is 0.387 e. The summed E-state index contributed by atoms with van der Waals surface area (Å²) in [5.41, 5.74) is 5.99. The van der Waals surface area contributed by atoms with Crippen molar-refractivity contribution in [3.63, 3.8) is 0 Å². The molecule has 0 fully saturated rings. The van der Waals surface area contributed by atoms with Gasteiger partial charge in [-0.3, -0.25) is 4.79 Å². The van der Waals surface area contributed by atoms with Gasteiger partial charge in [0, 0.05) is 18.2 Å². The van der Waals surface area contributed by atoms with E-state index in [-0.39, 0.29) is 24.1 Å². The summed E-state index contributed by atoms with van der Waals surface area (Å²) < 4.78 is 28.7. The van der Waals surface area contributed by atoms with Crippen molar-refractivity contribution in [2.24, 2.45) is 5.73 Å². The van der Waals surface area contributed by atoms with Gasteiger partial charge in [-0.25, -0.2) is 0 Å². The maximum atomic E-state index is 12.2. The van der Waals surface area contributed by atoms with E-state index < -0.39 is 6.61 Å². The molecule has 1 rings (SSSR count). The molecule has 0 aliphatic heterocycles. The van der Waals surface area contributed by atoms with Gasteiger partial charge >= 0.3 is 6.61 Å². The summed E-state index contributed by atoms with van der Waals surface area (Å²) in [7, 11) is 0. The fourth-order valence-corrected chi connectivity index (χ4v) is 1.54. The minimum atomic E-state index is -2.90. The Hall–Kier alpha value is -1.69. The smallest absolute Gasteiger partial charge is 0.387 e. The number of para-hydroxylation sites is 1. The molecule has 0 bridgehead atoms. The summed E-state index contributed by atoms with van der Waals surface area (Å²) in [5, 5.41) is 2.68. The second kappa shape index (κ2) is 7.68. The Balaban J connectivity index is 2.53. The molecule has 4 nitrogen and oxygen atoms in total. The third kappa shape index (κ3) is 6.15. The molecule has 1 unspecified atom stereocenters. The fraction of sp³-hybridized carbons (Fsp3) is 0.462. The van der Waals surface area contributed by atoms with E-state index in [0.717, 1.165) is 0 Å². The predicted octanol–water partition coefficient (Wildman–Crippen LogP) is 1.68. The average molecular weight is 272 g/mol. The molecule has 0 aliphatic rings. The van der Waals surface area contributed by atoms with Gasteiger partial charge < -0.3 is 15.8 Å². The van der Waals surface area contributed by atoms with Crippen LogP contribution in [0.25, 0.3) is 0 Å². The van der Waals surface area contributed by atoms with E-state index in [1.54, 1.807) is 18.2 Å². The van der Waals surface area contributed by atoms with E-state index in [0.29, 0.717) is 18.5 Å². The highest BCUT2D eigenvalue weighted by Gasteiger charge is 2.12. The predicted molar refractivity (Wildman–Crippen MR) is 68.1 cm³/mol. The summed E-state index contributed by atoms with van der Waals surface area (Å²) in [4.78, 5) is 11.6. The molecule has 1 aromatic carbocycles. The van der Waals surface area contributed by atoms with E-state index >= 15 is 0 Å². The number of rotatable bonds is 7. The first-order chi connectivity index (χ1) is 8.99. The van der Waals surface area contributed by atoms with Crippen molar-refractivity contribution in [3.8, 4) is 5.75 Å². The van der Waals surface area contributed by atoms with Crippen molar-refractivity contribution in [1.82, 2.24) is 5.32 Å². The Morgan fingerprint density at radius 1 is 1.42 bits per heavy atom. The van der Waals surface area contributed by atoms with Crippen molar-refractivity contribution in [2.45, 2.75) is 32.4 Å². The Labute approximate surface area is 110 Å². The van der Waals surface area contributed by atoms with Gasteiger partial charge in [0.2, 0.25) is 5.91 Å². The molecule has 0 spiro atoms. The minimum Gasteiger partial charge on any atom is -0.435 e. The summed E-state index contributed by atoms with van der Waals surface area (Å²) in [6.45, 7) is -0.589. The van der Waals surface area contributed by atoms with Crippen LogP contribution in [0.15, 0.2) is 24.3 Å². The van der Waals surface area contributed by atoms with Gasteiger partial charge in [0.15, 0.2) is 0 Å². The molecule has 1 amide bonds. The number of hydrogen-bond donors (Lipinski definition) is 2. The molecule has 6 heteroatoms. The number of halogens is 2. The zero-order valence-corrected chi connectivity index (χ0v) is 10.7. The third-order valence-corrected chi connectivity index (χ3v) is 2.46. The molecular weight excluding hydrogens is 254 g/mol. The summed E-state index contributed by atoms with van der Waals surface area (Å²) in [5.74, 6) is -0.217. The van der Waals surface area contributed by atoms with Crippen LogP contribution in [0.5, 0.6) is 5.75 Å². The van der Waals surface area contributed by atoms with E-state index in [1.807, 2.05) is 6.92 Å². The largest absolute Gasteiger partial charge is 0.435 e. The summed E-state index contributed by atoms with van der Waals surface area (Å²) >= 11 is 0. The second-order valence-corrected chi connectivity index (χ2v) is 4.28. The van der Waals surface area contributed by atoms with Crippen LogP contribution in [-0.4, -0.2) is 25.1 Å². The molecule has 0 aliphatic carbocycles. The molecule has 1 aromatic rings. The Kier molecular flexibility index (Phi) is 6.21. The average Bonchev–Trinajstić information content (AvgIpc) is 2.30. The minimum absolute atomic E-state index is 0.00183. The monoisotopic (exact) mass is 272 g/mol. The van der Waals surface area contributed by atoms with Gasteiger partial charge in [-0.15, -0.1) is 0 Å². The van der Waals surface area contributed by atoms with Gasteiger partial charge in [0.1, 0.15) is 5.75 Å². The van der Waals surface area contributed by atoms with Crippen LogP contribution in [0, 0.1) is 0 Å². The van der Waals surface area contributed by atoms with Crippen LogP contribution in [0.1, 0.15) is 18.9 Å². The zero-order chi connectivity index (χ0) is 14.3. The second-order valence-electron chi connectivity index (χ2n) is 4.28. The van der Waals surface area contributed by atoms with Crippen molar-refractivity contribution in [1.29, 1.82) is 0 Å². The Morgan fingerprint density at radius 3 is 2.74 bits per heavy atom. The molecule has 0 saturated carbocycles. The van der Waals surface area contributed by atoms with E-state index in [1.165, 1.54) is 6.07 Å². The molecule has 0 saturated heterocycles. The first-order valence-corrected chi connectivity index (χ1v) is 6.04. The van der Waals surface area contributed by atoms with Crippen molar-refractivity contribution >= 4 is 5.91 Å². The van der Waals surface area contributed by atoms with Crippen LogP contribution in [0.3, 0.4) is 0 Å². The van der Waals surface area contributed by atoms with Crippen LogP contribution < -0.4 is 15.8 Å². The molecule has 19 heavy (non-hydrogen) atoms. The van der Waals surface area contributed by atoms with Gasteiger partial charge in [-0.05, 0) is 19.4 Å². The van der Waals surface area contributed by atoms with Gasteiger partial charge in [-0.2, -0.15) is 8.78 Å². The number of carbonyl (C=O) groups excluding carboxylic acids is 1. The van der Waals surface area contributed by atoms with Crippen LogP contribution in [0.4, 0.5) is 8.78 Å².